The predicted octanol–water partition coefficient (Wildman–Crippen LogP) is 14.4. The van der Waals surface area contributed by atoms with E-state index in [0.717, 1.165) is 83.5 Å². The van der Waals surface area contributed by atoms with E-state index in [1.807, 2.05) is 0 Å². The van der Waals surface area contributed by atoms with Gasteiger partial charge in [0.15, 0.2) is 6.10 Å². The molecule has 0 aromatic rings. The normalized spacial score (nSPS) is 12.6. The zero-order chi connectivity index (χ0) is 37.8. The van der Waals surface area contributed by atoms with Gasteiger partial charge < -0.3 is 14.2 Å². The van der Waals surface area contributed by atoms with Crippen LogP contribution in [0.1, 0.15) is 213 Å². The van der Waals surface area contributed by atoms with Gasteiger partial charge in [-0.25, -0.2) is 0 Å². The molecule has 0 saturated carbocycles. The van der Waals surface area contributed by atoms with Gasteiger partial charge in [0.05, 0.1) is 6.61 Å². The first-order chi connectivity index (χ1) is 25.6. The third kappa shape index (κ3) is 40.6. The van der Waals surface area contributed by atoms with Crippen LogP contribution in [0.25, 0.3) is 0 Å². The maximum Gasteiger partial charge on any atom is 0.306 e. The van der Waals surface area contributed by atoms with E-state index < -0.39 is 6.10 Å². The molecule has 0 rings (SSSR count). The molecular weight excluding hydrogens is 645 g/mol. The van der Waals surface area contributed by atoms with Crippen molar-refractivity contribution in [2.75, 3.05) is 19.8 Å². The van der Waals surface area contributed by atoms with E-state index in [1.54, 1.807) is 0 Å². The predicted molar refractivity (Wildman–Crippen MR) is 224 cm³/mol. The summed E-state index contributed by atoms with van der Waals surface area (Å²) in [5.41, 5.74) is 0. The number of ether oxygens (including phenoxy) is 3. The van der Waals surface area contributed by atoms with E-state index in [2.05, 4.69) is 69.4 Å². The minimum atomic E-state index is -0.548. The molecule has 0 amide bonds. The van der Waals surface area contributed by atoms with Gasteiger partial charge in [-0.15, -0.1) is 0 Å². The van der Waals surface area contributed by atoms with Gasteiger partial charge in [-0.05, 0) is 77.0 Å². The molecule has 5 heteroatoms. The molecule has 0 bridgehead atoms. The van der Waals surface area contributed by atoms with E-state index in [-0.39, 0.29) is 25.2 Å². The molecule has 0 N–H and O–H groups in total. The SMILES string of the molecule is CC/C=C\C/C=C\C/C=C\CCCCCC(=O)OC(COCCCCCCCCCC)COC(=O)CCCCCCC/C=C\CCCCCCCC. The quantitative estimate of drug-likeness (QED) is 0.0357. The molecule has 52 heavy (non-hydrogen) atoms. The summed E-state index contributed by atoms with van der Waals surface area (Å²) < 4.78 is 17.2. The lowest BCUT2D eigenvalue weighted by Gasteiger charge is -2.18. The van der Waals surface area contributed by atoms with Crippen molar-refractivity contribution in [3.05, 3.63) is 48.6 Å². The van der Waals surface area contributed by atoms with Crippen LogP contribution in [-0.4, -0.2) is 37.9 Å². The summed E-state index contributed by atoms with van der Waals surface area (Å²) >= 11 is 0. The molecule has 1 unspecified atom stereocenters. The highest BCUT2D eigenvalue weighted by molar-refractivity contribution is 5.70. The van der Waals surface area contributed by atoms with Crippen LogP contribution in [0.4, 0.5) is 0 Å². The molecule has 0 aromatic carbocycles. The van der Waals surface area contributed by atoms with E-state index >= 15 is 0 Å². The van der Waals surface area contributed by atoms with Gasteiger partial charge in [-0.1, -0.05) is 172 Å². The van der Waals surface area contributed by atoms with Crippen molar-refractivity contribution in [3.63, 3.8) is 0 Å². The van der Waals surface area contributed by atoms with Gasteiger partial charge in [-0.3, -0.25) is 9.59 Å². The van der Waals surface area contributed by atoms with Crippen molar-refractivity contribution < 1.29 is 23.8 Å². The molecule has 1 atom stereocenters. The van der Waals surface area contributed by atoms with Crippen molar-refractivity contribution >= 4 is 11.9 Å². The van der Waals surface area contributed by atoms with Crippen molar-refractivity contribution in [2.24, 2.45) is 0 Å². The van der Waals surface area contributed by atoms with E-state index in [4.69, 9.17) is 14.2 Å². The molecular formula is C47H84O5. The smallest absolute Gasteiger partial charge is 0.306 e. The molecule has 302 valence electrons. The first kappa shape index (κ1) is 49.9. The molecule has 0 aliphatic heterocycles. The first-order valence-corrected chi connectivity index (χ1v) is 22.2. The molecule has 0 fully saturated rings. The summed E-state index contributed by atoms with van der Waals surface area (Å²) in [6.45, 7) is 7.65. The van der Waals surface area contributed by atoms with Gasteiger partial charge >= 0.3 is 11.9 Å². The second-order valence-corrected chi connectivity index (χ2v) is 14.6. The maximum absolute atomic E-state index is 12.7. The molecule has 0 spiro atoms. The summed E-state index contributed by atoms with van der Waals surface area (Å²) in [6, 6.07) is 0. The standard InChI is InChI=1S/C47H84O5/c1-4-7-10-13-16-19-21-23-24-26-27-29-31-34-37-40-46(48)51-44-45(43-50-42-39-36-33-18-15-12-9-6-3)52-47(49)41-38-35-32-30-28-25-22-20-17-14-11-8-5-2/h8,11,17,20,23-25,28,45H,4-7,9-10,12-16,18-19,21-22,26-27,29-44H2,1-3H3/b11-8-,20-17-,24-23-,28-25-. The Hall–Kier alpha value is -2.14. The number of allylic oxidation sites excluding steroid dienone is 8. The number of rotatable bonds is 40. The van der Waals surface area contributed by atoms with Gasteiger partial charge in [0.1, 0.15) is 6.61 Å². The van der Waals surface area contributed by atoms with Crippen molar-refractivity contribution in [1.29, 1.82) is 0 Å². The average Bonchev–Trinajstić information content (AvgIpc) is 3.14. The Kier molecular flexibility index (Phi) is 41.5. The highest BCUT2D eigenvalue weighted by Crippen LogP contribution is 2.12. The van der Waals surface area contributed by atoms with Crippen molar-refractivity contribution in [3.8, 4) is 0 Å². The Balaban J connectivity index is 4.25. The van der Waals surface area contributed by atoms with Crippen LogP contribution in [0.15, 0.2) is 48.6 Å². The Labute approximate surface area is 322 Å². The summed E-state index contributed by atoms with van der Waals surface area (Å²) in [4.78, 5) is 25.2. The number of unbranched alkanes of at least 4 members (excludes halogenated alkanes) is 21. The Morgan fingerprint density at radius 2 is 0.865 bits per heavy atom. The summed E-state index contributed by atoms with van der Waals surface area (Å²) in [5.74, 6) is -0.439. The lowest BCUT2D eigenvalue weighted by atomic mass is 10.1. The molecule has 0 saturated heterocycles. The van der Waals surface area contributed by atoms with Crippen molar-refractivity contribution in [2.45, 2.75) is 219 Å². The van der Waals surface area contributed by atoms with E-state index in [9.17, 15) is 9.59 Å². The van der Waals surface area contributed by atoms with Crippen LogP contribution >= 0.6 is 0 Å². The number of hydrogen-bond acceptors (Lipinski definition) is 5. The Bertz CT molecular complexity index is 873. The summed E-state index contributed by atoms with van der Waals surface area (Å²) in [7, 11) is 0. The third-order valence-corrected chi connectivity index (χ3v) is 9.35. The minimum Gasteiger partial charge on any atom is -0.462 e. The van der Waals surface area contributed by atoms with Gasteiger partial charge in [0, 0.05) is 19.4 Å². The topological polar surface area (TPSA) is 61.8 Å². The molecule has 0 heterocycles. The fourth-order valence-corrected chi connectivity index (χ4v) is 6.05. The molecule has 0 aliphatic carbocycles. The number of esters is 2. The summed E-state index contributed by atoms with van der Waals surface area (Å²) in [6.07, 6.45) is 51.1. The lowest BCUT2D eigenvalue weighted by Crippen LogP contribution is -2.30. The van der Waals surface area contributed by atoms with Gasteiger partial charge in [0.2, 0.25) is 0 Å². The van der Waals surface area contributed by atoms with Crippen molar-refractivity contribution in [1.82, 2.24) is 0 Å². The highest BCUT2D eigenvalue weighted by Gasteiger charge is 2.17. The number of carbonyl (C=O) groups excluding carboxylic acids is 2. The molecule has 0 radical (unpaired) electrons. The van der Waals surface area contributed by atoms with Crippen LogP contribution in [0.2, 0.25) is 0 Å². The number of hydrogen-bond donors (Lipinski definition) is 0. The summed E-state index contributed by atoms with van der Waals surface area (Å²) in [5, 5.41) is 0. The fraction of sp³-hybridized carbons (Fsp3) is 0.787. The lowest BCUT2D eigenvalue weighted by molar-refractivity contribution is -0.163. The average molecular weight is 729 g/mol. The van der Waals surface area contributed by atoms with Crippen LogP contribution in [0, 0.1) is 0 Å². The zero-order valence-corrected chi connectivity index (χ0v) is 34.6. The fourth-order valence-electron chi connectivity index (χ4n) is 6.05. The first-order valence-electron chi connectivity index (χ1n) is 22.2. The maximum atomic E-state index is 12.7. The van der Waals surface area contributed by atoms with Gasteiger partial charge in [-0.2, -0.15) is 0 Å². The molecule has 0 aromatic heterocycles. The van der Waals surface area contributed by atoms with Crippen LogP contribution < -0.4 is 0 Å². The Morgan fingerprint density at radius 3 is 1.42 bits per heavy atom. The highest BCUT2D eigenvalue weighted by atomic mass is 16.6. The van der Waals surface area contributed by atoms with Crippen LogP contribution in [0.5, 0.6) is 0 Å². The van der Waals surface area contributed by atoms with Gasteiger partial charge in [0.25, 0.3) is 0 Å². The van der Waals surface area contributed by atoms with Crippen LogP contribution in [-0.2, 0) is 23.8 Å². The molecule has 5 nitrogen and oxygen atoms in total. The number of carbonyl (C=O) groups is 2. The minimum absolute atomic E-state index is 0.0706. The van der Waals surface area contributed by atoms with Crippen LogP contribution in [0.3, 0.4) is 0 Å². The van der Waals surface area contributed by atoms with E-state index in [1.165, 1.54) is 96.3 Å². The monoisotopic (exact) mass is 729 g/mol. The second kappa shape index (κ2) is 43.3. The largest absolute Gasteiger partial charge is 0.462 e. The Morgan fingerprint density at radius 1 is 0.442 bits per heavy atom. The second-order valence-electron chi connectivity index (χ2n) is 14.6. The zero-order valence-electron chi connectivity index (χ0n) is 34.6. The third-order valence-electron chi connectivity index (χ3n) is 9.35. The van der Waals surface area contributed by atoms with E-state index in [0.29, 0.717) is 19.4 Å². The molecule has 0 aliphatic rings.